The quantitative estimate of drug-likeness (QED) is 0.160. The lowest BCUT2D eigenvalue weighted by Crippen LogP contribution is -2.58. The molecule has 9 N–H and O–H groups in total. The maximum Gasteiger partial charge on any atom is 0.326 e. The van der Waals surface area contributed by atoms with Crippen LogP contribution in [0.5, 0.6) is 0 Å². The Morgan fingerprint density at radius 1 is 0.857 bits per heavy atom. The number of carboxylic acid groups (broad SMARTS) is 1. The second kappa shape index (κ2) is 14.0. The number of aliphatic carboxylic acids is 1. The zero-order valence-electron chi connectivity index (χ0n) is 20.1. The van der Waals surface area contributed by atoms with E-state index in [-0.39, 0.29) is 18.8 Å². The minimum atomic E-state index is -1.58. The molecule has 1 rings (SSSR count). The Morgan fingerprint density at radius 2 is 1.37 bits per heavy atom. The lowest BCUT2D eigenvalue weighted by molar-refractivity contribution is -0.143. The molecule has 0 saturated carbocycles. The molecule has 0 aliphatic rings. The molecule has 0 spiro atoms. The number of carboxylic acids is 1. The van der Waals surface area contributed by atoms with Crippen LogP contribution in [0.3, 0.4) is 0 Å². The summed E-state index contributed by atoms with van der Waals surface area (Å²) in [4.78, 5) is 61.1. The maximum absolute atomic E-state index is 13.1. The topological polar surface area (TPSA) is 214 Å². The molecule has 0 aromatic heterocycles. The third kappa shape index (κ3) is 10.5. The summed E-state index contributed by atoms with van der Waals surface area (Å²) in [6, 6.07) is 3.55. The van der Waals surface area contributed by atoms with Crippen molar-refractivity contribution in [3.8, 4) is 0 Å². The number of hydrogen-bond acceptors (Lipinski definition) is 7. The maximum atomic E-state index is 13.1. The molecule has 0 aliphatic carbocycles. The number of carbonyl (C=O) groups excluding carboxylic acids is 4. The van der Waals surface area contributed by atoms with Crippen LogP contribution in [0.2, 0.25) is 0 Å². The van der Waals surface area contributed by atoms with Gasteiger partial charge in [0.25, 0.3) is 0 Å². The van der Waals surface area contributed by atoms with Gasteiger partial charge in [0.15, 0.2) is 0 Å². The summed E-state index contributed by atoms with van der Waals surface area (Å²) in [5, 5.41) is 26.2. The molecule has 0 heterocycles. The minimum Gasteiger partial charge on any atom is -0.480 e. The number of carbonyl (C=O) groups is 5. The van der Waals surface area contributed by atoms with Crippen molar-refractivity contribution >= 4 is 29.6 Å². The van der Waals surface area contributed by atoms with Crippen molar-refractivity contribution in [2.24, 2.45) is 17.4 Å². The number of nitrogens with one attached hydrogen (secondary N) is 3. The second-order valence-corrected chi connectivity index (χ2v) is 8.78. The Hall–Kier alpha value is -3.51. The molecular weight excluding hydrogens is 458 g/mol. The Bertz CT molecular complexity index is 892. The van der Waals surface area contributed by atoms with Gasteiger partial charge in [-0.1, -0.05) is 44.2 Å². The van der Waals surface area contributed by atoms with Gasteiger partial charge >= 0.3 is 5.97 Å². The summed E-state index contributed by atoms with van der Waals surface area (Å²) in [7, 11) is 0. The highest BCUT2D eigenvalue weighted by Gasteiger charge is 2.31. The fourth-order valence-corrected chi connectivity index (χ4v) is 3.19. The Kier molecular flexibility index (Phi) is 11.8. The van der Waals surface area contributed by atoms with Crippen LogP contribution in [0.1, 0.15) is 39.2 Å². The van der Waals surface area contributed by atoms with Gasteiger partial charge in [-0.05, 0) is 24.8 Å². The highest BCUT2D eigenvalue weighted by atomic mass is 16.4. The first-order chi connectivity index (χ1) is 16.3. The zero-order chi connectivity index (χ0) is 26.7. The zero-order valence-corrected chi connectivity index (χ0v) is 20.1. The van der Waals surface area contributed by atoms with Crippen molar-refractivity contribution < 1.29 is 34.2 Å². The lowest BCUT2D eigenvalue weighted by Gasteiger charge is -2.26. The van der Waals surface area contributed by atoms with Crippen molar-refractivity contribution in [3.63, 3.8) is 0 Å². The van der Waals surface area contributed by atoms with Gasteiger partial charge in [0.1, 0.15) is 24.2 Å². The van der Waals surface area contributed by atoms with Crippen LogP contribution in [0.15, 0.2) is 30.3 Å². The van der Waals surface area contributed by atoms with Gasteiger partial charge in [0, 0.05) is 6.42 Å². The van der Waals surface area contributed by atoms with Crippen LogP contribution in [0.25, 0.3) is 0 Å². The Morgan fingerprint density at radius 3 is 1.86 bits per heavy atom. The van der Waals surface area contributed by atoms with Gasteiger partial charge in [-0.15, -0.1) is 0 Å². The third-order valence-electron chi connectivity index (χ3n) is 5.10. The summed E-state index contributed by atoms with van der Waals surface area (Å²) in [5.41, 5.74) is 11.4. The lowest BCUT2D eigenvalue weighted by atomic mass is 10.00. The summed E-state index contributed by atoms with van der Waals surface area (Å²) in [6.07, 6.45) is -1.55. The predicted molar refractivity (Wildman–Crippen MR) is 126 cm³/mol. The fourth-order valence-electron chi connectivity index (χ4n) is 3.19. The highest BCUT2D eigenvalue weighted by Crippen LogP contribution is 2.09. The largest absolute Gasteiger partial charge is 0.480 e. The Labute approximate surface area is 203 Å². The average molecular weight is 494 g/mol. The average Bonchev–Trinajstić information content (AvgIpc) is 2.76. The van der Waals surface area contributed by atoms with E-state index in [9.17, 15) is 34.2 Å². The number of nitrogens with two attached hydrogens (primary N) is 2. The minimum absolute atomic E-state index is 0.0108. The molecule has 12 heteroatoms. The molecule has 0 fully saturated rings. The van der Waals surface area contributed by atoms with E-state index in [0.29, 0.717) is 5.56 Å². The summed E-state index contributed by atoms with van der Waals surface area (Å²) >= 11 is 0. The van der Waals surface area contributed by atoms with Crippen LogP contribution < -0.4 is 27.4 Å². The molecular formula is C23H35N5O7. The van der Waals surface area contributed by atoms with E-state index in [1.54, 1.807) is 30.3 Å². The molecule has 0 bridgehead atoms. The number of amides is 4. The third-order valence-corrected chi connectivity index (χ3v) is 5.10. The van der Waals surface area contributed by atoms with E-state index in [2.05, 4.69) is 16.0 Å². The SMILES string of the molecule is CC(C)CC(NC(=O)C(N)C(C)O)C(=O)NC(Cc1ccccc1)C(=O)NC(CC(N)=O)C(=O)O. The first-order valence-corrected chi connectivity index (χ1v) is 11.2. The molecule has 0 saturated heterocycles. The number of rotatable bonds is 14. The van der Waals surface area contributed by atoms with Gasteiger partial charge in [-0.25, -0.2) is 4.79 Å². The number of benzene rings is 1. The van der Waals surface area contributed by atoms with Crippen LogP contribution >= 0.6 is 0 Å². The van der Waals surface area contributed by atoms with Crippen molar-refractivity contribution in [2.75, 3.05) is 0 Å². The van der Waals surface area contributed by atoms with E-state index in [1.165, 1.54) is 6.92 Å². The number of primary amides is 1. The van der Waals surface area contributed by atoms with E-state index in [4.69, 9.17) is 11.5 Å². The normalized spacial score (nSPS) is 15.3. The van der Waals surface area contributed by atoms with Gasteiger partial charge in [0.05, 0.1) is 12.5 Å². The van der Waals surface area contributed by atoms with E-state index >= 15 is 0 Å². The highest BCUT2D eigenvalue weighted by molar-refractivity contribution is 5.95. The van der Waals surface area contributed by atoms with Gasteiger partial charge in [-0.2, -0.15) is 0 Å². The van der Waals surface area contributed by atoms with E-state index in [1.807, 2.05) is 13.8 Å². The fraction of sp³-hybridized carbons (Fsp3) is 0.522. The molecule has 5 atom stereocenters. The second-order valence-electron chi connectivity index (χ2n) is 8.78. The molecule has 35 heavy (non-hydrogen) atoms. The number of hydrogen-bond donors (Lipinski definition) is 7. The van der Waals surface area contributed by atoms with E-state index < -0.39 is 66.3 Å². The molecule has 0 radical (unpaired) electrons. The Balaban J connectivity index is 3.14. The van der Waals surface area contributed by atoms with Crippen molar-refractivity contribution in [3.05, 3.63) is 35.9 Å². The van der Waals surface area contributed by atoms with Gasteiger partial charge in [-0.3, -0.25) is 19.2 Å². The van der Waals surface area contributed by atoms with Crippen LogP contribution in [-0.2, 0) is 30.4 Å². The van der Waals surface area contributed by atoms with E-state index in [0.717, 1.165) is 0 Å². The summed E-state index contributed by atoms with van der Waals surface area (Å²) < 4.78 is 0. The van der Waals surface area contributed by atoms with Crippen molar-refractivity contribution in [2.45, 2.75) is 70.3 Å². The monoisotopic (exact) mass is 493 g/mol. The first kappa shape index (κ1) is 29.5. The molecule has 1 aromatic rings. The first-order valence-electron chi connectivity index (χ1n) is 11.2. The summed E-state index contributed by atoms with van der Waals surface area (Å²) in [5.74, 6) is -4.68. The standard InChI is InChI=1S/C23H35N5O7/c1-12(2)9-15(27-22(33)19(25)13(3)29)20(31)26-16(10-14-7-5-4-6-8-14)21(32)28-17(23(34)35)11-18(24)30/h4-8,12-13,15-17,19,29H,9-11,25H2,1-3H3,(H2,24,30)(H,26,31)(H,27,33)(H,28,32)(H,34,35). The van der Waals surface area contributed by atoms with Crippen LogP contribution in [0, 0.1) is 5.92 Å². The van der Waals surface area contributed by atoms with Crippen molar-refractivity contribution in [1.29, 1.82) is 0 Å². The summed E-state index contributed by atoms with van der Waals surface area (Å²) in [6.45, 7) is 5.00. The molecule has 4 amide bonds. The molecule has 5 unspecified atom stereocenters. The smallest absolute Gasteiger partial charge is 0.326 e. The van der Waals surface area contributed by atoms with Crippen LogP contribution in [-0.4, -0.2) is 70.1 Å². The van der Waals surface area contributed by atoms with Crippen molar-refractivity contribution in [1.82, 2.24) is 16.0 Å². The molecule has 194 valence electrons. The van der Waals surface area contributed by atoms with Gasteiger partial charge < -0.3 is 37.6 Å². The van der Waals surface area contributed by atoms with Gasteiger partial charge in [0.2, 0.25) is 23.6 Å². The predicted octanol–water partition coefficient (Wildman–Crippen LogP) is -1.60. The van der Waals surface area contributed by atoms with Crippen LogP contribution in [0.4, 0.5) is 0 Å². The molecule has 0 aliphatic heterocycles. The number of aliphatic hydroxyl groups excluding tert-OH is 1. The number of aliphatic hydroxyl groups is 1. The molecule has 12 nitrogen and oxygen atoms in total. The molecule has 1 aromatic carbocycles.